The molecule has 0 aliphatic carbocycles. The summed E-state index contributed by atoms with van der Waals surface area (Å²) in [6.45, 7) is 7.58. The topological polar surface area (TPSA) is 31.2 Å². The third kappa shape index (κ3) is 3.98. The molecule has 3 nitrogen and oxygen atoms in total. The zero-order chi connectivity index (χ0) is 15.8. The highest BCUT2D eigenvalue weighted by Gasteiger charge is 2.21. The maximum absolute atomic E-state index is 12.4. The van der Waals surface area contributed by atoms with Crippen LogP contribution in [0.5, 0.6) is 0 Å². The number of carbonyl (C=O) groups is 1. The largest absolute Gasteiger partial charge is 0.443 e. The van der Waals surface area contributed by atoms with Gasteiger partial charge in [0.2, 0.25) is 0 Å². The van der Waals surface area contributed by atoms with Gasteiger partial charge < -0.3 is 4.74 Å². The predicted molar refractivity (Wildman–Crippen MR) is 91.6 cm³/mol. The summed E-state index contributed by atoms with van der Waals surface area (Å²) in [5.41, 5.74) is 2.36. The molecule has 2 aromatic rings. The highest BCUT2D eigenvalue weighted by atomic mass is 79.9. The first kappa shape index (κ1) is 16.3. The molecule has 1 aromatic heterocycles. The Labute approximate surface area is 141 Å². The van der Waals surface area contributed by atoms with E-state index in [1.165, 1.54) is 4.57 Å². The molecule has 5 heteroatoms. The molecule has 0 aliphatic heterocycles. The van der Waals surface area contributed by atoms with E-state index in [1.54, 1.807) is 6.20 Å². The van der Waals surface area contributed by atoms with Gasteiger partial charge in [-0.25, -0.2) is 4.79 Å². The van der Waals surface area contributed by atoms with Crippen LogP contribution in [0.2, 0.25) is 0 Å². The fourth-order valence-electron chi connectivity index (χ4n) is 2.01. The van der Waals surface area contributed by atoms with Gasteiger partial charge in [-0.2, -0.15) is 0 Å². The van der Waals surface area contributed by atoms with Crippen molar-refractivity contribution in [3.05, 3.63) is 45.0 Å². The molecule has 0 radical (unpaired) electrons. The number of aromatic nitrogens is 1. The number of carbonyl (C=O) groups excluding carboxylic acids is 1. The van der Waals surface area contributed by atoms with Crippen LogP contribution in [-0.4, -0.2) is 16.3 Å². The summed E-state index contributed by atoms with van der Waals surface area (Å²) in [5, 5.41) is 0. The van der Waals surface area contributed by atoms with Gasteiger partial charge in [0.15, 0.2) is 0 Å². The molecule has 1 heterocycles. The molecular formula is C16H17Br2NO2. The molecule has 0 saturated heterocycles. The van der Waals surface area contributed by atoms with Crippen LogP contribution in [0.3, 0.4) is 0 Å². The molecule has 21 heavy (non-hydrogen) atoms. The van der Waals surface area contributed by atoms with E-state index in [4.69, 9.17) is 4.74 Å². The Bertz CT molecular complexity index is 684. The van der Waals surface area contributed by atoms with Crippen molar-refractivity contribution in [1.29, 1.82) is 0 Å². The van der Waals surface area contributed by atoms with Crippen LogP contribution in [0.25, 0.3) is 11.3 Å². The Morgan fingerprint density at radius 3 is 2.38 bits per heavy atom. The van der Waals surface area contributed by atoms with Crippen molar-refractivity contribution < 1.29 is 9.53 Å². The van der Waals surface area contributed by atoms with Gasteiger partial charge in [0.25, 0.3) is 0 Å². The minimum Gasteiger partial charge on any atom is -0.443 e. The molecule has 0 amide bonds. The van der Waals surface area contributed by atoms with E-state index in [0.717, 1.165) is 25.8 Å². The smallest absolute Gasteiger partial charge is 0.419 e. The highest BCUT2D eigenvalue weighted by Crippen LogP contribution is 2.30. The number of ether oxygens (including phenoxy) is 1. The van der Waals surface area contributed by atoms with E-state index in [0.29, 0.717) is 0 Å². The van der Waals surface area contributed by atoms with Gasteiger partial charge in [-0.15, -0.1) is 0 Å². The molecule has 0 aliphatic rings. The van der Waals surface area contributed by atoms with Crippen LogP contribution in [-0.2, 0) is 4.74 Å². The van der Waals surface area contributed by atoms with Gasteiger partial charge in [-0.1, -0.05) is 22.0 Å². The fourth-order valence-corrected chi connectivity index (χ4v) is 2.91. The van der Waals surface area contributed by atoms with Crippen molar-refractivity contribution >= 4 is 38.0 Å². The standard InChI is InChI=1S/C16H17Br2NO2/c1-10-7-11(17)5-6-13(10)14-8-12(18)9-19(14)15(20)21-16(2,3)4/h5-9H,1-4H3. The Balaban J connectivity index is 2.48. The molecule has 0 atom stereocenters. The molecule has 112 valence electrons. The normalized spacial score (nSPS) is 11.5. The van der Waals surface area contributed by atoms with Crippen LogP contribution < -0.4 is 0 Å². The second-order valence-electron chi connectivity index (χ2n) is 5.85. The molecule has 2 rings (SSSR count). The molecular weight excluding hydrogens is 398 g/mol. The molecule has 0 unspecified atom stereocenters. The molecule has 0 saturated carbocycles. The van der Waals surface area contributed by atoms with Crippen LogP contribution in [0.4, 0.5) is 4.79 Å². The fraction of sp³-hybridized carbons (Fsp3) is 0.312. The summed E-state index contributed by atoms with van der Waals surface area (Å²) >= 11 is 6.88. The van der Waals surface area contributed by atoms with E-state index in [-0.39, 0.29) is 6.09 Å². The van der Waals surface area contributed by atoms with Gasteiger partial charge in [-0.05, 0) is 67.4 Å². The van der Waals surface area contributed by atoms with Crippen LogP contribution in [0, 0.1) is 6.92 Å². The average molecular weight is 415 g/mol. The Kier molecular flexibility index (Phi) is 4.63. The maximum Gasteiger partial charge on any atom is 0.419 e. The second kappa shape index (κ2) is 5.97. The lowest BCUT2D eigenvalue weighted by atomic mass is 10.1. The molecule has 0 bridgehead atoms. The Morgan fingerprint density at radius 1 is 1.14 bits per heavy atom. The van der Waals surface area contributed by atoms with Crippen molar-refractivity contribution in [3.63, 3.8) is 0 Å². The zero-order valence-electron chi connectivity index (χ0n) is 12.4. The number of rotatable bonds is 1. The van der Waals surface area contributed by atoms with Crippen molar-refractivity contribution in [2.75, 3.05) is 0 Å². The predicted octanol–water partition coefficient (Wildman–Crippen LogP) is 5.77. The average Bonchev–Trinajstić information content (AvgIpc) is 2.69. The summed E-state index contributed by atoms with van der Waals surface area (Å²) < 4.78 is 8.84. The Morgan fingerprint density at radius 2 is 1.81 bits per heavy atom. The monoisotopic (exact) mass is 413 g/mol. The molecule has 0 spiro atoms. The second-order valence-corrected chi connectivity index (χ2v) is 7.68. The van der Waals surface area contributed by atoms with Gasteiger partial charge >= 0.3 is 6.09 Å². The summed E-state index contributed by atoms with van der Waals surface area (Å²) in [7, 11) is 0. The van der Waals surface area contributed by atoms with Gasteiger partial charge in [0, 0.05) is 20.7 Å². The summed E-state index contributed by atoms with van der Waals surface area (Å²) in [6, 6.07) is 7.89. The summed E-state index contributed by atoms with van der Waals surface area (Å²) in [6.07, 6.45) is 1.34. The third-order valence-corrected chi connectivity index (χ3v) is 3.77. The van der Waals surface area contributed by atoms with Crippen molar-refractivity contribution in [2.45, 2.75) is 33.3 Å². The van der Waals surface area contributed by atoms with E-state index in [1.807, 2.05) is 52.0 Å². The van der Waals surface area contributed by atoms with Gasteiger partial charge in [-0.3, -0.25) is 4.57 Å². The Hall–Kier alpha value is -1.07. The number of benzene rings is 1. The quantitative estimate of drug-likeness (QED) is 0.592. The summed E-state index contributed by atoms with van der Waals surface area (Å²) in [4.78, 5) is 12.4. The van der Waals surface area contributed by atoms with Gasteiger partial charge in [0.1, 0.15) is 5.60 Å². The molecule has 0 N–H and O–H groups in total. The molecule has 1 aromatic carbocycles. The first-order valence-corrected chi connectivity index (χ1v) is 8.14. The lowest BCUT2D eigenvalue weighted by Gasteiger charge is -2.20. The third-order valence-electron chi connectivity index (χ3n) is 2.84. The molecule has 0 fully saturated rings. The van der Waals surface area contributed by atoms with E-state index >= 15 is 0 Å². The van der Waals surface area contributed by atoms with Crippen molar-refractivity contribution in [1.82, 2.24) is 4.57 Å². The number of halogens is 2. The van der Waals surface area contributed by atoms with Crippen LogP contribution in [0.1, 0.15) is 26.3 Å². The van der Waals surface area contributed by atoms with Crippen molar-refractivity contribution in [2.24, 2.45) is 0 Å². The lowest BCUT2D eigenvalue weighted by Crippen LogP contribution is -2.27. The van der Waals surface area contributed by atoms with E-state index in [9.17, 15) is 4.79 Å². The summed E-state index contributed by atoms with van der Waals surface area (Å²) in [5.74, 6) is 0. The first-order valence-electron chi connectivity index (χ1n) is 6.55. The minimum atomic E-state index is -0.528. The minimum absolute atomic E-state index is 0.384. The lowest BCUT2D eigenvalue weighted by molar-refractivity contribution is 0.0540. The number of aryl methyl sites for hydroxylation is 1. The number of hydrogen-bond acceptors (Lipinski definition) is 2. The van der Waals surface area contributed by atoms with E-state index in [2.05, 4.69) is 31.9 Å². The zero-order valence-corrected chi connectivity index (χ0v) is 15.6. The van der Waals surface area contributed by atoms with Crippen LogP contribution >= 0.6 is 31.9 Å². The SMILES string of the molecule is Cc1cc(Br)ccc1-c1cc(Br)cn1C(=O)OC(C)(C)C. The highest BCUT2D eigenvalue weighted by molar-refractivity contribution is 9.10. The number of nitrogens with zero attached hydrogens (tertiary/aromatic N) is 1. The van der Waals surface area contributed by atoms with E-state index < -0.39 is 5.60 Å². The van der Waals surface area contributed by atoms with Crippen molar-refractivity contribution in [3.8, 4) is 11.3 Å². The maximum atomic E-state index is 12.4. The first-order chi connectivity index (χ1) is 9.67. The van der Waals surface area contributed by atoms with Gasteiger partial charge in [0.05, 0.1) is 5.69 Å². The van der Waals surface area contributed by atoms with Crippen LogP contribution in [0.15, 0.2) is 39.4 Å². The number of hydrogen-bond donors (Lipinski definition) is 0.